The van der Waals surface area contributed by atoms with Gasteiger partial charge in [-0.05, 0) is 44.5 Å². The van der Waals surface area contributed by atoms with Crippen molar-refractivity contribution in [3.05, 3.63) is 41.2 Å². The van der Waals surface area contributed by atoms with E-state index in [1.54, 1.807) is 4.90 Å². The molecule has 2 amide bonds. The van der Waals surface area contributed by atoms with Gasteiger partial charge in [-0.2, -0.15) is 18.3 Å². The summed E-state index contributed by atoms with van der Waals surface area (Å²) in [6.45, 7) is 5.84. The van der Waals surface area contributed by atoms with E-state index in [4.69, 9.17) is 0 Å². The molecule has 0 radical (unpaired) electrons. The first-order valence-corrected chi connectivity index (χ1v) is 12.5. The summed E-state index contributed by atoms with van der Waals surface area (Å²) in [4.78, 5) is 16.3. The molecule has 4 rings (SSSR count). The second-order valence-corrected chi connectivity index (χ2v) is 10.7. The van der Waals surface area contributed by atoms with Crippen molar-refractivity contribution in [1.82, 2.24) is 14.7 Å². The molecule has 2 saturated heterocycles. The second kappa shape index (κ2) is 8.54. The zero-order valence-corrected chi connectivity index (χ0v) is 19.2. The highest BCUT2D eigenvalue weighted by Gasteiger charge is 2.33. The van der Waals surface area contributed by atoms with Gasteiger partial charge in [0.25, 0.3) is 0 Å². The normalized spacial score (nSPS) is 20.8. The molecule has 2 aliphatic heterocycles. The van der Waals surface area contributed by atoms with E-state index >= 15 is 0 Å². The summed E-state index contributed by atoms with van der Waals surface area (Å²) in [5.41, 5.74) is 2.23. The standard InChI is InChI=1S/C21H26F3N5O3S/c1-14-19(15(2)29(26-14)18-7-12-33(31,32)13-18)27-8-10-28(11-9-27)20(30)25-17-5-3-16(4-6-17)21(22,23)24/h3-6,18H,7-13H2,1-2H3,(H,25,30). The average Bonchev–Trinajstić information content (AvgIpc) is 3.25. The Morgan fingerprint density at radius 1 is 1.09 bits per heavy atom. The van der Waals surface area contributed by atoms with Crippen LogP contribution in [0.2, 0.25) is 0 Å². The fraction of sp³-hybridized carbons (Fsp3) is 0.524. The lowest BCUT2D eigenvalue weighted by Gasteiger charge is -2.36. The van der Waals surface area contributed by atoms with E-state index in [1.165, 1.54) is 12.1 Å². The second-order valence-electron chi connectivity index (χ2n) is 8.50. The van der Waals surface area contributed by atoms with E-state index in [2.05, 4.69) is 15.3 Å². The number of piperazine rings is 1. The molecule has 3 heterocycles. The van der Waals surface area contributed by atoms with Crippen LogP contribution in [-0.4, -0.2) is 66.8 Å². The Hall–Kier alpha value is -2.76. The summed E-state index contributed by atoms with van der Waals surface area (Å²) in [6.07, 6.45) is -3.86. The number of carbonyl (C=O) groups is 1. The van der Waals surface area contributed by atoms with Crippen LogP contribution in [0, 0.1) is 13.8 Å². The fourth-order valence-electron chi connectivity index (χ4n) is 4.51. The minimum Gasteiger partial charge on any atom is -0.365 e. The van der Waals surface area contributed by atoms with Crippen LogP contribution in [0.5, 0.6) is 0 Å². The van der Waals surface area contributed by atoms with Crippen molar-refractivity contribution in [3.63, 3.8) is 0 Å². The third-order valence-electron chi connectivity index (χ3n) is 6.19. The maximum atomic E-state index is 12.7. The number of carbonyl (C=O) groups excluding carboxylic acids is 1. The largest absolute Gasteiger partial charge is 0.416 e. The summed E-state index contributed by atoms with van der Waals surface area (Å²) >= 11 is 0. The number of rotatable bonds is 3. The Labute approximate surface area is 190 Å². The predicted molar refractivity (Wildman–Crippen MR) is 118 cm³/mol. The monoisotopic (exact) mass is 485 g/mol. The van der Waals surface area contributed by atoms with Gasteiger partial charge in [0, 0.05) is 31.9 Å². The third kappa shape index (κ3) is 4.94. The fourth-order valence-corrected chi connectivity index (χ4v) is 6.21. The van der Waals surface area contributed by atoms with Crippen molar-refractivity contribution in [2.45, 2.75) is 32.5 Å². The molecule has 0 spiro atoms. The average molecular weight is 486 g/mol. The van der Waals surface area contributed by atoms with E-state index in [0.29, 0.717) is 38.3 Å². The topological polar surface area (TPSA) is 87.5 Å². The lowest BCUT2D eigenvalue weighted by molar-refractivity contribution is -0.137. The summed E-state index contributed by atoms with van der Waals surface area (Å²) in [5, 5.41) is 7.25. The number of aryl methyl sites for hydroxylation is 1. The van der Waals surface area contributed by atoms with E-state index in [0.717, 1.165) is 29.2 Å². The molecular formula is C21H26F3N5O3S. The van der Waals surface area contributed by atoms with Gasteiger partial charge < -0.3 is 15.1 Å². The van der Waals surface area contributed by atoms with Crippen molar-refractivity contribution < 1.29 is 26.4 Å². The number of amides is 2. The number of aromatic nitrogens is 2. The van der Waals surface area contributed by atoms with E-state index in [1.807, 2.05) is 18.5 Å². The molecule has 1 atom stereocenters. The van der Waals surface area contributed by atoms with Gasteiger partial charge in [0.15, 0.2) is 9.84 Å². The van der Waals surface area contributed by atoms with Crippen LogP contribution in [0.1, 0.15) is 29.4 Å². The zero-order chi connectivity index (χ0) is 24.0. The summed E-state index contributed by atoms with van der Waals surface area (Å²) in [7, 11) is -3.02. The summed E-state index contributed by atoms with van der Waals surface area (Å²) < 4.78 is 63.6. The molecule has 12 heteroatoms. The molecule has 0 bridgehead atoms. The molecule has 2 aromatic rings. The van der Waals surface area contributed by atoms with Gasteiger partial charge in [-0.15, -0.1) is 0 Å². The number of hydrogen-bond acceptors (Lipinski definition) is 5. The number of halogens is 3. The molecule has 180 valence electrons. The molecule has 0 aliphatic carbocycles. The molecule has 1 aromatic carbocycles. The van der Waals surface area contributed by atoms with Crippen molar-refractivity contribution in [3.8, 4) is 0 Å². The molecule has 0 saturated carbocycles. The number of sulfone groups is 1. The van der Waals surface area contributed by atoms with Crippen LogP contribution in [0.3, 0.4) is 0 Å². The Kier molecular flexibility index (Phi) is 6.06. The lowest BCUT2D eigenvalue weighted by atomic mass is 10.2. The van der Waals surface area contributed by atoms with Crippen molar-refractivity contribution in [2.24, 2.45) is 0 Å². The molecule has 1 N–H and O–H groups in total. The van der Waals surface area contributed by atoms with Gasteiger partial charge in [0.05, 0.1) is 40.2 Å². The molecule has 2 aliphatic rings. The van der Waals surface area contributed by atoms with Crippen LogP contribution in [0.25, 0.3) is 0 Å². The van der Waals surface area contributed by atoms with Gasteiger partial charge in [-0.25, -0.2) is 13.2 Å². The van der Waals surface area contributed by atoms with E-state index in [-0.39, 0.29) is 23.6 Å². The number of nitrogens with one attached hydrogen (secondary N) is 1. The van der Waals surface area contributed by atoms with Crippen molar-refractivity contribution in [1.29, 1.82) is 0 Å². The van der Waals surface area contributed by atoms with Crippen LogP contribution >= 0.6 is 0 Å². The van der Waals surface area contributed by atoms with E-state index < -0.39 is 21.6 Å². The number of benzene rings is 1. The quantitative estimate of drug-likeness (QED) is 0.721. The minimum absolute atomic E-state index is 0.103. The van der Waals surface area contributed by atoms with Crippen LogP contribution < -0.4 is 10.2 Å². The number of hydrogen-bond donors (Lipinski definition) is 1. The number of anilines is 2. The van der Waals surface area contributed by atoms with Gasteiger partial charge in [0.2, 0.25) is 0 Å². The first kappa shape index (κ1) is 23.4. The molecule has 2 fully saturated rings. The Bertz CT molecular complexity index is 1140. The zero-order valence-electron chi connectivity index (χ0n) is 18.4. The number of urea groups is 1. The highest BCUT2D eigenvalue weighted by molar-refractivity contribution is 7.91. The Morgan fingerprint density at radius 2 is 1.73 bits per heavy atom. The van der Waals surface area contributed by atoms with Crippen molar-refractivity contribution >= 4 is 27.2 Å². The smallest absolute Gasteiger partial charge is 0.365 e. The van der Waals surface area contributed by atoms with Gasteiger partial charge in [-0.3, -0.25) is 4.68 Å². The maximum Gasteiger partial charge on any atom is 0.416 e. The minimum atomic E-state index is -4.42. The third-order valence-corrected chi connectivity index (χ3v) is 7.94. The van der Waals surface area contributed by atoms with Crippen LogP contribution in [0.15, 0.2) is 24.3 Å². The molecular weight excluding hydrogens is 459 g/mol. The highest BCUT2D eigenvalue weighted by atomic mass is 32.2. The van der Waals surface area contributed by atoms with Crippen LogP contribution in [-0.2, 0) is 16.0 Å². The maximum absolute atomic E-state index is 12.7. The molecule has 8 nitrogen and oxygen atoms in total. The molecule has 33 heavy (non-hydrogen) atoms. The Balaban J connectivity index is 1.37. The Morgan fingerprint density at radius 3 is 2.27 bits per heavy atom. The SMILES string of the molecule is Cc1nn(C2CCS(=O)(=O)C2)c(C)c1N1CCN(C(=O)Nc2ccc(C(F)(F)F)cc2)CC1. The summed E-state index contributed by atoms with van der Waals surface area (Å²) in [6, 6.07) is 3.83. The number of nitrogens with zero attached hydrogens (tertiary/aromatic N) is 4. The van der Waals surface area contributed by atoms with Gasteiger partial charge >= 0.3 is 12.2 Å². The van der Waals surface area contributed by atoms with Crippen molar-refractivity contribution in [2.75, 3.05) is 47.9 Å². The summed E-state index contributed by atoms with van der Waals surface area (Å²) in [5.74, 6) is 0.282. The highest BCUT2D eigenvalue weighted by Crippen LogP contribution is 2.32. The molecule has 1 aromatic heterocycles. The first-order valence-electron chi connectivity index (χ1n) is 10.7. The number of alkyl halides is 3. The van der Waals surface area contributed by atoms with Crippen LogP contribution in [0.4, 0.5) is 29.3 Å². The first-order chi connectivity index (χ1) is 15.4. The lowest BCUT2D eigenvalue weighted by Crippen LogP contribution is -2.50. The van der Waals surface area contributed by atoms with E-state index in [9.17, 15) is 26.4 Å². The van der Waals surface area contributed by atoms with Gasteiger partial charge in [0.1, 0.15) is 0 Å². The predicted octanol–water partition coefficient (Wildman–Crippen LogP) is 3.23. The molecule has 1 unspecified atom stereocenters. The van der Waals surface area contributed by atoms with Gasteiger partial charge in [-0.1, -0.05) is 0 Å².